The Morgan fingerprint density at radius 1 is 1.16 bits per heavy atom. The van der Waals surface area contributed by atoms with Crippen LogP contribution >= 0.6 is 0 Å². The summed E-state index contributed by atoms with van der Waals surface area (Å²) in [7, 11) is 0. The Kier molecular flexibility index (Phi) is 5.40. The van der Waals surface area contributed by atoms with Gasteiger partial charge < -0.3 is 10.2 Å². The molecule has 1 aromatic carbocycles. The summed E-state index contributed by atoms with van der Waals surface area (Å²) in [6.45, 7) is 8.70. The van der Waals surface area contributed by atoms with Crippen LogP contribution in [0, 0.1) is 11.8 Å². The largest absolute Gasteiger partial charge is 0.507 e. The minimum atomic E-state index is -1.08. The van der Waals surface area contributed by atoms with E-state index in [4.69, 9.17) is 5.11 Å². The topological polar surface area (TPSA) is 57.5 Å². The van der Waals surface area contributed by atoms with E-state index in [1.807, 2.05) is 6.07 Å². The maximum atomic E-state index is 11.1. The summed E-state index contributed by atoms with van der Waals surface area (Å²) >= 11 is 0. The highest BCUT2D eigenvalue weighted by atomic mass is 16.4. The summed E-state index contributed by atoms with van der Waals surface area (Å²) in [4.78, 5) is 11.1. The Bertz CT molecular complexity index is 430. The number of hydrogen-bond donors (Lipinski definition) is 2. The molecule has 0 aromatic heterocycles. The summed E-state index contributed by atoms with van der Waals surface area (Å²) in [5, 5.41) is 18.7. The second kappa shape index (κ2) is 6.60. The first-order valence-electron chi connectivity index (χ1n) is 6.98. The van der Waals surface area contributed by atoms with E-state index in [9.17, 15) is 9.90 Å². The van der Waals surface area contributed by atoms with Crippen LogP contribution < -0.4 is 0 Å². The SMILES string of the molecule is CCC(C)C(c1ccc(O)c(C(=O)O)c1)C(C)CC. The van der Waals surface area contributed by atoms with Crippen LogP contribution in [-0.4, -0.2) is 16.2 Å². The Balaban J connectivity index is 3.23. The van der Waals surface area contributed by atoms with Gasteiger partial charge in [-0.05, 0) is 35.4 Å². The average Bonchev–Trinajstić information content (AvgIpc) is 2.39. The number of phenols is 1. The summed E-state index contributed by atoms with van der Waals surface area (Å²) in [5.41, 5.74) is 1.01. The number of carbonyl (C=O) groups is 1. The van der Waals surface area contributed by atoms with Crippen molar-refractivity contribution in [2.24, 2.45) is 11.8 Å². The van der Waals surface area contributed by atoms with Crippen LogP contribution in [0.15, 0.2) is 18.2 Å². The number of benzene rings is 1. The Morgan fingerprint density at radius 3 is 2.11 bits per heavy atom. The lowest BCUT2D eigenvalue weighted by Gasteiger charge is -2.29. The lowest BCUT2D eigenvalue weighted by atomic mass is 9.76. The molecule has 0 heterocycles. The van der Waals surface area contributed by atoms with Crippen molar-refractivity contribution in [1.82, 2.24) is 0 Å². The van der Waals surface area contributed by atoms with E-state index in [1.54, 1.807) is 6.07 Å². The standard InChI is InChI=1S/C16H24O3/c1-5-10(3)15(11(4)6-2)12-7-8-14(17)13(9-12)16(18)19/h7-11,15,17H,5-6H2,1-4H3,(H,18,19). The van der Waals surface area contributed by atoms with Crippen LogP contribution in [0.1, 0.15) is 62.4 Å². The van der Waals surface area contributed by atoms with E-state index in [1.165, 1.54) is 6.07 Å². The summed E-state index contributed by atoms with van der Waals surface area (Å²) in [6, 6.07) is 4.97. The van der Waals surface area contributed by atoms with Crippen LogP contribution in [0.25, 0.3) is 0 Å². The molecule has 0 aliphatic rings. The maximum absolute atomic E-state index is 11.1. The van der Waals surface area contributed by atoms with E-state index in [0.717, 1.165) is 18.4 Å². The number of carboxylic acids is 1. The lowest BCUT2D eigenvalue weighted by Crippen LogP contribution is -2.17. The van der Waals surface area contributed by atoms with E-state index < -0.39 is 5.97 Å². The van der Waals surface area contributed by atoms with Crippen LogP contribution in [0.3, 0.4) is 0 Å². The predicted octanol–water partition coefficient (Wildman–Crippen LogP) is 4.27. The Hall–Kier alpha value is -1.51. The van der Waals surface area contributed by atoms with Crippen molar-refractivity contribution in [2.45, 2.75) is 46.5 Å². The highest BCUT2D eigenvalue weighted by molar-refractivity contribution is 5.91. The first kappa shape index (κ1) is 15.5. The van der Waals surface area contributed by atoms with Gasteiger partial charge in [0, 0.05) is 0 Å². The second-order valence-corrected chi connectivity index (χ2v) is 5.38. The van der Waals surface area contributed by atoms with Crippen molar-refractivity contribution in [3.05, 3.63) is 29.3 Å². The smallest absolute Gasteiger partial charge is 0.339 e. The normalized spacial score (nSPS) is 15.8. The van der Waals surface area contributed by atoms with Gasteiger partial charge in [0.2, 0.25) is 0 Å². The summed E-state index contributed by atoms with van der Waals surface area (Å²) < 4.78 is 0. The highest BCUT2D eigenvalue weighted by Crippen LogP contribution is 2.37. The quantitative estimate of drug-likeness (QED) is 0.806. The van der Waals surface area contributed by atoms with Crippen molar-refractivity contribution < 1.29 is 15.0 Å². The monoisotopic (exact) mass is 264 g/mol. The molecule has 0 aliphatic heterocycles. The van der Waals surface area contributed by atoms with Gasteiger partial charge in [0.15, 0.2) is 0 Å². The number of rotatable bonds is 6. The molecule has 1 rings (SSSR count). The van der Waals surface area contributed by atoms with Crippen molar-refractivity contribution in [3.63, 3.8) is 0 Å². The van der Waals surface area contributed by atoms with Gasteiger partial charge in [-0.3, -0.25) is 0 Å². The molecule has 3 heteroatoms. The molecular weight excluding hydrogens is 240 g/mol. The zero-order valence-electron chi connectivity index (χ0n) is 12.2. The van der Waals surface area contributed by atoms with Crippen LogP contribution in [-0.2, 0) is 0 Å². The molecule has 2 N–H and O–H groups in total. The average molecular weight is 264 g/mol. The van der Waals surface area contributed by atoms with E-state index in [2.05, 4.69) is 27.7 Å². The molecule has 0 bridgehead atoms. The fourth-order valence-corrected chi connectivity index (χ4v) is 2.66. The van der Waals surface area contributed by atoms with Gasteiger partial charge in [-0.25, -0.2) is 4.79 Å². The zero-order valence-corrected chi connectivity index (χ0v) is 12.2. The van der Waals surface area contributed by atoms with E-state index in [-0.39, 0.29) is 11.3 Å². The molecular formula is C16H24O3. The molecule has 0 fully saturated rings. The van der Waals surface area contributed by atoms with Gasteiger partial charge in [-0.1, -0.05) is 46.6 Å². The van der Waals surface area contributed by atoms with Crippen molar-refractivity contribution >= 4 is 5.97 Å². The summed E-state index contributed by atoms with van der Waals surface area (Å²) in [6.07, 6.45) is 2.11. The first-order valence-corrected chi connectivity index (χ1v) is 6.98. The Labute approximate surface area is 115 Å². The molecule has 106 valence electrons. The molecule has 0 saturated heterocycles. The minimum Gasteiger partial charge on any atom is -0.507 e. The number of aromatic carboxylic acids is 1. The van der Waals surface area contributed by atoms with Crippen LogP contribution in [0.5, 0.6) is 5.75 Å². The molecule has 2 unspecified atom stereocenters. The minimum absolute atomic E-state index is 0.00546. The van der Waals surface area contributed by atoms with Gasteiger partial charge in [0.1, 0.15) is 11.3 Å². The van der Waals surface area contributed by atoms with Crippen molar-refractivity contribution in [3.8, 4) is 5.75 Å². The second-order valence-electron chi connectivity index (χ2n) is 5.38. The van der Waals surface area contributed by atoms with Crippen molar-refractivity contribution in [2.75, 3.05) is 0 Å². The van der Waals surface area contributed by atoms with Gasteiger partial charge in [-0.2, -0.15) is 0 Å². The Morgan fingerprint density at radius 2 is 1.68 bits per heavy atom. The lowest BCUT2D eigenvalue weighted by molar-refractivity contribution is 0.0693. The molecule has 19 heavy (non-hydrogen) atoms. The van der Waals surface area contributed by atoms with Gasteiger partial charge in [-0.15, -0.1) is 0 Å². The third-order valence-electron chi connectivity index (χ3n) is 4.15. The van der Waals surface area contributed by atoms with Crippen molar-refractivity contribution in [1.29, 1.82) is 0 Å². The molecule has 0 saturated carbocycles. The molecule has 0 amide bonds. The van der Waals surface area contributed by atoms with Gasteiger partial charge in [0.25, 0.3) is 0 Å². The molecule has 0 spiro atoms. The third kappa shape index (κ3) is 3.49. The predicted molar refractivity (Wildman–Crippen MR) is 76.7 cm³/mol. The van der Waals surface area contributed by atoms with Gasteiger partial charge in [0.05, 0.1) is 0 Å². The fourth-order valence-electron chi connectivity index (χ4n) is 2.66. The van der Waals surface area contributed by atoms with Gasteiger partial charge >= 0.3 is 5.97 Å². The maximum Gasteiger partial charge on any atom is 0.339 e. The zero-order chi connectivity index (χ0) is 14.6. The van der Waals surface area contributed by atoms with Crippen LogP contribution in [0.4, 0.5) is 0 Å². The molecule has 3 nitrogen and oxygen atoms in total. The van der Waals surface area contributed by atoms with E-state index >= 15 is 0 Å². The first-order chi connectivity index (χ1) is 8.92. The number of carboxylic acid groups (broad SMARTS) is 1. The molecule has 0 aliphatic carbocycles. The fraction of sp³-hybridized carbons (Fsp3) is 0.562. The van der Waals surface area contributed by atoms with E-state index in [0.29, 0.717) is 17.8 Å². The van der Waals surface area contributed by atoms with Crippen LogP contribution in [0.2, 0.25) is 0 Å². The highest BCUT2D eigenvalue weighted by Gasteiger charge is 2.24. The molecule has 1 aromatic rings. The molecule has 0 radical (unpaired) electrons. The summed E-state index contributed by atoms with van der Waals surface area (Å²) in [5.74, 6) is 0.0608. The number of hydrogen-bond acceptors (Lipinski definition) is 2. The third-order valence-corrected chi connectivity index (χ3v) is 4.15. The number of aromatic hydroxyl groups is 1. The molecule has 2 atom stereocenters.